The van der Waals surface area contributed by atoms with Gasteiger partial charge in [0.15, 0.2) is 11.7 Å². The molecule has 1 fully saturated rings. The lowest BCUT2D eigenvalue weighted by Gasteiger charge is -2.31. The van der Waals surface area contributed by atoms with Crippen molar-refractivity contribution in [3.8, 4) is 0 Å². The van der Waals surface area contributed by atoms with Gasteiger partial charge in [-0.1, -0.05) is 25.9 Å². The van der Waals surface area contributed by atoms with Crippen LogP contribution in [0.5, 0.6) is 0 Å². The largest absolute Gasteiger partial charge is 0.359 e. The van der Waals surface area contributed by atoms with E-state index in [4.69, 9.17) is 9.51 Å². The maximum atomic E-state index is 5.38. The molecule has 2 aromatic rings. The number of aryl methyl sites for hydroxylation is 1. The Hall–Kier alpha value is -1.20. The molecule has 1 aliphatic heterocycles. The number of aliphatic imine (C=N–C) groups is 1. The SMILES string of the molecule is CCc1nc(CN2CCC(CNC(=NC)NCc3cc(C(C)C)no3)CC2)cs1.I. The van der Waals surface area contributed by atoms with Gasteiger partial charge in [0.25, 0.3) is 0 Å². The summed E-state index contributed by atoms with van der Waals surface area (Å²) >= 11 is 1.78. The first-order valence-electron chi connectivity index (χ1n) is 10.6. The first-order chi connectivity index (χ1) is 14.1. The van der Waals surface area contributed by atoms with E-state index in [0.29, 0.717) is 18.4 Å². The number of aromatic nitrogens is 2. The van der Waals surface area contributed by atoms with E-state index in [-0.39, 0.29) is 24.0 Å². The number of hydrogen-bond acceptors (Lipinski definition) is 6. The Kier molecular flexibility index (Phi) is 10.5. The molecule has 7 nitrogen and oxygen atoms in total. The number of nitrogens with one attached hydrogen (secondary N) is 2. The summed E-state index contributed by atoms with van der Waals surface area (Å²) in [5.74, 6) is 2.69. The average molecular weight is 547 g/mol. The summed E-state index contributed by atoms with van der Waals surface area (Å²) < 4.78 is 5.38. The molecule has 0 spiro atoms. The van der Waals surface area contributed by atoms with Gasteiger partial charge in [0.2, 0.25) is 0 Å². The van der Waals surface area contributed by atoms with E-state index >= 15 is 0 Å². The minimum atomic E-state index is 0. The fourth-order valence-electron chi connectivity index (χ4n) is 3.48. The van der Waals surface area contributed by atoms with Gasteiger partial charge in [-0.2, -0.15) is 0 Å². The van der Waals surface area contributed by atoms with Gasteiger partial charge < -0.3 is 15.2 Å². The molecule has 0 amide bonds. The molecule has 1 aliphatic rings. The number of piperidine rings is 1. The minimum Gasteiger partial charge on any atom is -0.359 e. The Bertz CT molecular complexity index is 782. The molecule has 0 bridgehead atoms. The predicted molar refractivity (Wildman–Crippen MR) is 134 cm³/mol. The molecule has 168 valence electrons. The van der Waals surface area contributed by atoms with Crippen molar-refractivity contribution >= 4 is 41.3 Å². The number of hydrogen-bond donors (Lipinski definition) is 2. The molecule has 0 aromatic carbocycles. The molecule has 3 heterocycles. The fourth-order valence-corrected chi connectivity index (χ4v) is 4.21. The van der Waals surface area contributed by atoms with Crippen molar-refractivity contribution in [2.24, 2.45) is 10.9 Å². The van der Waals surface area contributed by atoms with Crippen LogP contribution in [0.25, 0.3) is 0 Å². The summed E-state index contributed by atoms with van der Waals surface area (Å²) in [6.45, 7) is 11.2. The van der Waals surface area contributed by atoms with Crippen LogP contribution < -0.4 is 10.6 Å². The van der Waals surface area contributed by atoms with Gasteiger partial charge >= 0.3 is 0 Å². The molecule has 3 rings (SSSR count). The highest BCUT2D eigenvalue weighted by Crippen LogP contribution is 2.19. The maximum absolute atomic E-state index is 5.38. The summed E-state index contributed by atoms with van der Waals surface area (Å²) in [7, 11) is 1.80. The van der Waals surface area contributed by atoms with E-state index in [9.17, 15) is 0 Å². The zero-order valence-corrected chi connectivity index (χ0v) is 21.6. The van der Waals surface area contributed by atoms with Crippen LogP contribution in [0.4, 0.5) is 0 Å². The van der Waals surface area contributed by atoms with Gasteiger partial charge in [0.05, 0.1) is 22.9 Å². The number of halogens is 1. The van der Waals surface area contributed by atoms with E-state index < -0.39 is 0 Å². The van der Waals surface area contributed by atoms with Crippen molar-refractivity contribution in [1.82, 2.24) is 25.7 Å². The van der Waals surface area contributed by atoms with Crippen LogP contribution in [0.15, 0.2) is 21.0 Å². The number of likely N-dealkylation sites (tertiary alicyclic amines) is 1. The normalized spacial score (nSPS) is 16.0. The summed E-state index contributed by atoms with van der Waals surface area (Å²) in [4.78, 5) is 11.5. The number of guanidine groups is 1. The Balaban J connectivity index is 0.00000320. The van der Waals surface area contributed by atoms with Gasteiger partial charge in [-0.25, -0.2) is 4.98 Å². The van der Waals surface area contributed by atoms with Gasteiger partial charge in [-0.05, 0) is 44.2 Å². The number of rotatable bonds is 8. The third-order valence-electron chi connectivity index (χ3n) is 5.38. The second kappa shape index (κ2) is 12.6. The van der Waals surface area contributed by atoms with Crippen LogP contribution in [0.2, 0.25) is 0 Å². The molecular weight excluding hydrogens is 511 g/mol. The Labute approximate surface area is 201 Å². The third kappa shape index (κ3) is 7.49. The maximum Gasteiger partial charge on any atom is 0.191 e. The second-order valence-corrected chi connectivity index (χ2v) is 8.93. The van der Waals surface area contributed by atoms with Crippen molar-refractivity contribution in [2.45, 2.75) is 59.0 Å². The van der Waals surface area contributed by atoms with Gasteiger partial charge in [0.1, 0.15) is 0 Å². The van der Waals surface area contributed by atoms with Gasteiger partial charge in [0, 0.05) is 31.6 Å². The Morgan fingerprint density at radius 2 is 2.10 bits per heavy atom. The van der Waals surface area contributed by atoms with Crippen molar-refractivity contribution in [3.05, 3.63) is 33.6 Å². The standard InChI is InChI=1S/C21H34N6OS.HI/c1-5-20-25-17(14-29-20)13-27-8-6-16(7-9-27)11-23-21(22-4)24-12-18-10-19(15(2)3)26-28-18;/h10,14-16H,5-9,11-13H2,1-4H3,(H2,22,23,24);1H. The van der Waals surface area contributed by atoms with E-state index in [1.165, 1.54) is 23.5 Å². The highest BCUT2D eigenvalue weighted by atomic mass is 127. The highest BCUT2D eigenvalue weighted by molar-refractivity contribution is 14.0. The van der Waals surface area contributed by atoms with Crippen LogP contribution >= 0.6 is 35.3 Å². The van der Waals surface area contributed by atoms with E-state index in [2.05, 4.69) is 51.8 Å². The molecule has 0 atom stereocenters. The molecule has 2 N–H and O–H groups in total. The quantitative estimate of drug-likeness (QED) is 0.296. The molecular formula is C21H35IN6OS. The number of thiazole rings is 1. The lowest BCUT2D eigenvalue weighted by atomic mass is 9.97. The van der Waals surface area contributed by atoms with E-state index in [1.807, 2.05) is 6.07 Å². The van der Waals surface area contributed by atoms with Crippen LogP contribution in [0.1, 0.15) is 61.7 Å². The average Bonchev–Trinajstić information content (AvgIpc) is 3.39. The monoisotopic (exact) mass is 546 g/mol. The molecule has 30 heavy (non-hydrogen) atoms. The summed E-state index contributed by atoms with van der Waals surface area (Å²) in [6, 6.07) is 2.01. The molecule has 0 aliphatic carbocycles. The van der Waals surface area contributed by atoms with E-state index in [0.717, 1.165) is 50.0 Å². The zero-order chi connectivity index (χ0) is 20.6. The van der Waals surface area contributed by atoms with Crippen LogP contribution in [-0.4, -0.2) is 47.7 Å². The second-order valence-electron chi connectivity index (χ2n) is 7.99. The Morgan fingerprint density at radius 3 is 2.70 bits per heavy atom. The van der Waals surface area contributed by atoms with Crippen LogP contribution in [-0.2, 0) is 19.5 Å². The molecule has 0 radical (unpaired) electrons. The summed E-state index contributed by atoms with van der Waals surface area (Å²) in [5, 5.41) is 14.3. The fraction of sp³-hybridized carbons (Fsp3) is 0.667. The van der Waals surface area contributed by atoms with Crippen molar-refractivity contribution in [2.75, 3.05) is 26.7 Å². The smallest absolute Gasteiger partial charge is 0.191 e. The van der Waals surface area contributed by atoms with Crippen LogP contribution in [0, 0.1) is 5.92 Å². The predicted octanol–water partition coefficient (Wildman–Crippen LogP) is 4.01. The Morgan fingerprint density at radius 1 is 1.33 bits per heavy atom. The molecule has 9 heteroatoms. The van der Waals surface area contributed by atoms with Crippen molar-refractivity contribution in [3.63, 3.8) is 0 Å². The minimum absolute atomic E-state index is 0. The van der Waals surface area contributed by atoms with E-state index in [1.54, 1.807) is 18.4 Å². The third-order valence-corrected chi connectivity index (χ3v) is 6.42. The summed E-state index contributed by atoms with van der Waals surface area (Å²) in [6.07, 6.45) is 3.44. The lowest BCUT2D eigenvalue weighted by Crippen LogP contribution is -2.42. The van der Waals surface area contributed by atoms with Gasteiger partial charge in [-0.15, -0.1) is 35.3 Å². The molecule has 0 unspecified atom stereocenters. The molecule has 2 aromatic heterocycles. The zero-order valence-electron chi connectivity index (χ0n) is 18.5. The molecule has 1 saturated heterocycles. The molecule has 0 saturated carbocycles. The van der Waals surface area contributed by atoms with Crippen molar-refractivity contribution < 1.29 is 4.52 Å². The highest BCUT2D eigenvalue weighted by Gasteiger charge is 2.20. The first-order valence-corrected chi connectivity index (χ1v) is 11.5. The number of nitrogens with zero attached hydrogens (tertiary/aromatic N) is 4. The topological polar surface area (TPSA) is 78.6 Å². The van der Waals surface area contributed by atoms with Gasteiger partial charge in [-0.3, -0.25) is 9.89 Å². The lowest BCUT2D eigenvalue weighted by molar-refractivity contribution is 0.176. The summed E-state index contributed by atoms with van der Waals surface area (Å²) in [5.41, 5.74) is 2.21. The van der Waals surface area contributed by atoms with Crippen LogP contribution in [0.3, 0.4) is 0 Å². The first kappa shape index (κ1) is 25.1. The van der Waals surface area contributed by atoms with Crippen molar-refractivity contribution in [1.29, 1.82) is 0 Å².